The topological polar surface area (TPSA) is 105 Å². The number of anilines is 2. The third-order valence-electron chi connectivity index (χ3n) is 5.48. The van der Waals surface area contributed by atoms with Gasteiger partial charge >= 0.3 is 0 Å². The number of hydrogen-bond donors (Lipinski definition) is 1. The van der Waals surface area contributed by atoms with Crippen molar-refractivity contribution >= 4 is 39.0 Å². The highest BCUT2D eigenvalue weighted by atomic mass is 35.5. The highest BCUT2D eigenvalue weighted by Crippen LogP contribution is 2.24. The van der Waals surface area contributed by atoms with E-state index in [1.807, 2.05) is 0 Å². The molecule has 1 N–H and O–H groups in total. The Morgan fingerprint density at radius 2 is 1.83 bits per heavy atom. The van der Waals surface area contributed by atoms with Crippen LogP contribution in [0.25, 0.3) is 0 Å². The second kappa shape index (κ2) is 10.4. The minimum absolute atomic E-state index is 0.0700. The molecule has 3 aromatic rings. The van der Waals surface area contributed by atoms with E-state index in [0.717, 1.165) is 5.69 Å². The Balaban J connectivity index is 1.32. The molecule has 1 saturated heterocycles. The van der Waals surface area contributed by atoms with Crippen molar-refractivity contribution in [2.75, 3.05) is 35.8 Å². The third-order valence-corrected chi connectivity index (χ3v) is 7.14. The molecule has 1 aliphatic rings. The van der Waals surface area contributed by atoms with Crippen molar-refractivity contribution < 1.29 is 22.3 Å². The molecule has 1 atom stereocenters. The van der Waals surface area contributed by atoms with Gasteiger partial charge in [0.1, 0.15) is 23.7 Å². The van der Waals surface area contributed by atoms with E-state index in [2.05, 4.69) is 19.6 Å². The molecule has 184 valence electrons. The minimum Gasteiger partial charge on any atom is -0.481 e. The van der Waals surface area contributed by atoms with Gasteiger partial charge in [-0.25, -0.2) is 22.8 Å². The summed E-state index contributed by atoms with van der Waals surface area (Å²) in [7, 11) is -3.78. The zero-order valence-corrected chi connectivity index (χ0v) is 20.3. The van der Waals surface area contributed by atoms with Crippen molar-refractivity contribution in [3.63, 3.8) is 0 Å². The second-order valence-electron chi connectivity index (χ2n) is 7.84. The van der Waals surface area contributed by atoms with E-state index in [0.29, 0.717) is 31.9 Å². The summed E-state index contributed by atoms with van der Waals surface area (Å²) in [5.74, 6) is -0.227. The number of carbonyl (C=O) groups excluding carboxylic acids is 1. The molecule has 2 heterocycles. The zero-order chi connectivity index (χ0) is 25.0. The molecule has 4 rings (SSSR count). The number of sulfonamides is 1. The van der Waals surface area contributed by atoms with Crippen LogP contribution >= 0.6 is 11.6 Å². The first kappa shape index (κ1) is 24.7. The summed E-state index contributed by atoms with van der Waals surface area (Å²) in [6.07, 6.45) is 1.95. The van der Waals surface area contributed by atoms with E-state index in [1.54, 1.807) is 24.0 Å². The number of aromatic nitrogens is 2. The fraction of sp³-hybridized carbons (Fsp3) is 0.261. The predicted molar refractivity (Wildman–Crippen MR) is 130 cm³/mol. The monoisotopic (exact) mass is 519 g/mol. The van der Waals surface area contributed by atoms with E-state index < -0.39 is 21.9 Å². The molecule has 1 amide bonds. The number of carbonyl (C=O) groups is 1. The molecule has 0 saturated carbocycles. The van der Waals surface area contributed by atoms with Crippen LogP contribution in [0, 0.1) is 5.82 Å². The Labute approximate surface area is 207 Å². The smallest absolute Gasteiger partial charge is 0.263 e. The molecule has 12 heteroatoms. The molecule has 0 aliphatic carbocycles. The molecule has 9 nitrogen and oxygen atoms in total. The summed E-state index contributed by atoms with van der Waals surface area (Å²) < 4.78 is 46.5. The maximum atomic E-state index is 13.3. The van der Waals surface area contributed by atoms with Crippen molar-refractivity contribution in [1.82, 2.24) is 14.9 Å². The summed E-state index contributed by atoms with van der Waals surface area (Å²) in [6.45, 7) is 3.75. The Morgan fingerprint density at radius 3 is 2.46 bits per heavy atom. The zero-order valence-electron chi connectivity index (χ0n) is 18.8. The standard InChI is InChI=1S/C23H23ClFN5O4S/c1-16(34-18-4-7-21(25)20(24)14-18)23(31)30-12-10-29(11-13-30)17-2-5-19(6-3-17)35(32,33)28-22-8-9-26-15-27-22/h2-9,14-16H,10-13H2,1H3,(H,26,27,28). The van der Waals surface area contributed by atoms with Gasteiger partial charge in [-0.05, 0) is 49.4 Å². The van der Waals surface area contributed by atoms with Gasteiger partial charge in [-0.2, -0.15) is 0 Å². The number of piperazine rings is 1. The van der Waals surface area contributed by atoms with Crippen molar-refractivity contribution in [3.8, 4) is 5.75 Å². The Bertz CT molecular complexity index is 1290. The molecule has 1 aromatic heterocycles. The number of nitrogens with one attached hydrogen (secondary N) is 1. The lowest BCUT2D eigenvalue weighted by Gasteiger charge is -2.37. The number of rotatable bonds is 7. The Hall–Kier alpha value is -3.44. The van der Waals surface area contributed by atoms with Gasteiger partial charge < -0.3 is 14.5 Å². The molecule has 0 bridgehead atoms. The lowest BCUT2D eigenvalue weighted by molar-refractivity contribution is -0.138. The van der Waals surface area contributed by atoms with E-state index in [9.17, 15) is 17.6 Å². The van der Waals surface area contributed by atoms with Crippen LogP contribution < -0.4 is 14.4 Å². The van der Waals surface area contributed by atoms with Gasteiger partial charge in [0.2, 0.25) is 0 Å². The van der Waals surface area contributed by atoms with Crippen LogP contribution in [0.4, 0.5) is 15.9 Å². The van der Waals surface area contributed by atoms with Crippen LogP contribution in [-0.4, -0.2) is 61.5 Å². The average Bonchev–Trinajstić information content (AvgIpc) is 2.86. The maximum absolute atomic E-state index is 13.3. The minimum atomic E-state index is -3.78. The van der Waals surface area contributed by atoms with Gasteiger partial charge in [-0.3, -0.25) is 9.52 Å². The van der Waals surface area contributed by atoms with Crippen LogP contribution in [0.5, 0.6) is 5.75 Å². The van der Waals surface area contributed by atoms with Crippen molar-refractivity contribution in [1.29, 1.82) is 0 Å². The molecule has 2 aromatic carbocycles. The van der Waals surface area contributed by atoms with Gasteiger partial charge in [-0.15, -0.1) is 0 Å². The molecule has 35 heavy (non-hydrogen) atoms. The van der Waals surface area contributed by atoms with E-state index in [1.165, 1.54) is 48.9 Å². The molecular formula is C23H23ClFN5O4S. The largest absolute Gasteiger partial charge is 0.481 e. The van der Waals surface area contributed by atoms with Crippen LogP contribution in [-0.2, 0) is 14.8 Å². The molecule has 0 spiro atoms. The van der Waals surface area contributed by atoms with Gasteiger partial charge in [0.15, 0.2) is 6.10 Å². The summed E-state index contributed by atoms with van der Waals surface area (Å²) in [6, 6.07) is 11.9. The molecule has 1 unspecified atom stereocenters. The van der Waals surface area contributed by atoms with Crippen molar-refractivity contribution in [2.24, 2.45) is 0 Å². The van der Waals surface area contributed by atoms with Gasteiger partial charge in [0.05, 0.1) is 9.92 Å². The summed E-state index contributed by atoms with van der Waals surface area (Å²) in [5, 5.41) is -0.0700. The number of hydrogen-bond acceptors (Lipinski definition) is 7. The molecular weight excluding hydrogens is 497 g/mol. The molecule has 1 fully saturated rings. The fourth-order valence-corrected chi connectivity index (χ4v) is 4.81. The SMILES string of the molecule is CC(Oc1ccc(F)c(Cl)c1)C(=O)N1CCN(c2ccc(S(=O)(=O)Nc3ccncn3)cc2)CC1. The summed E-state index contributed by atoms with van der Waals surface area (Å²) in [5.41, 5.74) is 0.850. The summed E-state index contributed by atoms with van der Waals surface area (Å²) >= 11 is 5.77. The lowest BCUT2D eigenvalue weighted by atomic mass is 10.2. The van der Waals surface area contributed by atoms with E-state index >= 15 is 0 Å². The summed E-state index contributed by atoms with van der Waals surface area (Å²) in [4.78, 5) is 24.3. The number of nitrogens with zero attached hydrogens (tertiary/aromatic N) is 4. The van der Waals surface area contributed by atoms with Crippen LogP contribution in [0.3, 0.4) is 0 Å². The Morgan fingerprint density at radius 1 is 1.11 bits per heavy atom. The first-order valence-corrected chi connectivity index (χ1v) is 12.6. The first-order chi connectivity index (χ1) is 16.7. The molecule has 1 aliphatic heterocycles. The normalized spacial score (nSPS) is 14.9. The van der Waals surface area contributed by atoms with Gasteiger partial charge in [0.25, 0.3) is 15.9 Å². The number of amides is 1. The second-order valence-corrected chi connectivity index (χ2v) is 9.93. The quantitative estimate of drug-likeness (QED) is 0.511. The number of benzene rings is 2. The van der Waals surface area contributed by atoms with E-state index in [-0.39, 0.29) is 21.6 Å². The number of halogens is 2. The lowest BCUT2D eigenvalue weighted by Crippen LogP contribution is -2.52. The highest BCUT2D eigenvalue weighted by molar-refractivity contribution is 7.92. The van der Waals surface area contributed by atoms with Crippen molar-refractivity contribution in [3.05, 3.63) is 71.9 Å². The van der Waals surface area contributed by atoms with Crippen molar-refractivity contribution in [2.45, 2.75) is 17.9 Å². The van der Waals surface area contributed by atoms with Gasteiger partial charge in [0, 0.05) is 44.1 Å². The first-order valence-electron chi connectivity index (χ1n) is 10.8. The van der Waals surface area contributed by atoms with Crippen LogP contribution in [0.15, 0.2) is 66.0 Å². The molecule has 0 radical (unpaired) electrons. The number of ether oxygens (including phenoxy) is 1. The average molecular weight is 520 g/mol. The highest BCUT2D eigenvalue weighted by Gasteiger charge is 2.26. The Kier molecular flexibility index (Phi) is 7.37. The van der Waals surface area contributed by atoms with Gasteiger partial charge in [-0.1, -0.05) is 11.6 Å². The van der Waals surface area contributed by atoms with E-state index in [4.69, 9.17) is 16.3 Å². The van der Waals surface area contributed by atoms with Crippen LogP contribution in [0.2, 0.25) is 5.02 Å². The predicted octanol–water partition coefficient (Wildman–Crippen LogP) is 3.19. The fourth-order valence-electron chi connectivity index (χ4n) is 3.63. The third kappa shape index (κ3) is 5.98. The van der Waals surface area contributed by atoms with Crippen LogP contribution in [0.1, 0.15) is 6.92 Å². The maximum Gasteiger partial charge on any atom is 0.263 e.